The summed E-state index contributed by atoms with van der Waals surface area (Å²) in [4.78, 5) is 291. The maximum absolute atomic E-state index is 14.6. The molecule has 147 heavy (non-hydrogen) atoms. The Morgan fingerprint density at radius 1 is 0.340 bits per heavy atom. The van der Waals surface area contributed by atoms with Crippen LogP contribution in [0, 0.1) is 58.2 Å². The lowest BCUT2D eigenvalue weighted by molar-refractivity contribution is -0.143. The summed E-state index contributed by atoms with van der Waals surface area (Å²) in [5.74, 6) is -26.7. The van der Waals surface area contributed by atoms with Gasteiger partial charge in [-0.15, -0.1) is 0 Å². The minimum Gasteiger partial charge on any atom is -0.481 e. The van der Waals surface area contributed by atoms with E-state index >= 15 is 0 Å². The number of carboxylic acid groups (broad SMARTS) is 2. The van der Waals surface area contributed by atoms with Gasteiger partial charge in [0, 0.05) is 37.4 Å². The summed E-state index contributed by atoms with van der Waals surface area (Å²) in [5.41, 5.74) is 16.4. The van der Waals surface area contributed by atoms with Crippen molar-refractivity contribution in [3.05, 3.63) is 0 Å². The number of aliphatic hydroxyl groups is 3. The van der Waals surface area contributed by atoms with Gasteiger partial charge in [-0.3, -0.25) is 107 Å². The fourth-order valence-corrected chi connectivity index (χ4v) is 15.7. The molecule has 54 heteroatoms. The number of nitrogens with one attached hydrogen (secondary N) is 23. The van der Waals surface area contributed by atoms with Crippen molar-refractivity contribution < 1.29 is 126 Å². The van der Waals surface area contributed by atoms with E-state index < -0.39 is 319 Å². The molecular formula is C93H166N26O26S2. The van der Waals surface area contributed by atoms with Gasteiger partial charge in [-0.1, -0.05) is 124 Å². The van der Waals surface area contributed by atoms with Crippen LogP contribution in [0.2, 0.25) is 0 Å². The lowest BCUT2D eigenvalue weighted by Crippen LogP contribution is -2.63. The fraction of sp³-hybridized carbons (Fsp3) is 0.753. The highest BCUT2D eigenvalue weighted by Crippen LogP contribution is 2.20. The fourth-order valence-electron chi connectivity index (χ4n) is 15.1. The minimum atomic E-state index is -1.94. The Morgan fingerprint density at radius 3 is 0.959 bits per heavy atom. The largest absolute Gasteiger partial charge is 0.481 e. The number of primary amides is 1. The first-order chi connectivity index (χ1) is 68.7. The average molecular weight is 2130 g/mol. The molecule has 1 heterocycles. The van der Waals surface area contributed by atoms with Crippen LogP contribution in [0.5, 0.6) is 0 Å². The highest BCUT2D eigenvalue weighted by atomic mass is 32.1. The predicted octanol–water partition coefficient (Wildman–Crippen LogP) is -6.57. The maximum atomic E-state index is 14.6. The first-order valence-corrected chi connectivity index (χ1v) is 51.2. The maximum Gasteiger partial charge on any atom is 0.326 e. The Hall–Kier alpha value is -12.0. The van der Waals surface area contributed by atoms with Crippen molar-refractivity contribution in [3.8, 4) is 0 Å². The Labute approximate surface area is 869 Å². The molecule has 0 unspecified atom stereocenters. The van der Waals surface area contributed by atoms with Gasteiger partial charge in [-0.25, -0.2) is 4.79 Å². The number of guanidine groups is 2. The molecule has 1 rings (SSSR count). The van der Waals surface area contributed by atoms with Crippen LogP contribution in [0.3, 0.4) is 0 Å². The molecule has 0 saturated carbocycles. The molecule has 1 fully saturated rings. The number of nitrogens with two attached hydrogens (primary N) is 3. The van der Waals surface area contributed by atoms with E-state index in [9.17, 15) is 126 Å². The molecule has 1 aliphatic rings. The number of carbonyl (C=O) groups excluding carboxylic acids is 19. The molecule has 0 radical (unpaired) electrons. The van der Waals surface area contributed by atoms with Crippen LogP contribution in [-0.4, -0.2) is 327 Å². The van der Waals surface area contributed by atoms with Crippen LogP contribution in [0.25, 0.3) is 0 Å². The monoisotopic (exact) mass is 2130 g/mol. The van der Waals surface area contributed by atoms with E-state index in [1.165, 1.54) is 27.7 Å². The third-order valence-corrected chi connectivity index (χ3v) is 24.5. The van der Waals surface area contributed by atoms with E-state index in [0.29, 0.717) is 13.0 Å². The van der Waals surface area contributed by atoms with Gasteiger partial charge < -0.3 is 154 Å². The lowest BCUT2D eigenvalue weighted by Gasteiger charge is -2.31. The van der Waals surface area contributed by atoms with Gasteiger partial charge in [0.1, 0.15) is 109 Å². The number of aliphatic carboxylic acids is 2. The number of hydrogen-bond donors (Lipinski definition) is 33. The van der Waals surface area contributed by atoms with Crippen molar-refractivity contribution in [2.45, 2.75) is 355 Å². The first-order valence-electron chi connectivity index (χ1n) is 49.9. The zero-order valence-corrected chi connectivity index (χ0v) is 89.4. The number of aliphatic hydroxyl groups excluding tert-OH is 3. The molecule has 19 amide bonds. The van der Waals surface area contributed by atoms with E-state index in [0.717, 1.165) is 13.3 Å². The summed E-state index contributed by atoms with van der Waals surface area (Å²) in [6, 6.07) is -28.6. The topological polar surface area (TPSA) is 838 Å². The van der Waals surface area contributed by atoms with E-state index in [1.807, 2.05) is 13.8 Å². The smallest absolute Gasteiger partial charge is 0.326 e. The van der Waals surface area contributed by atoms with Crippen LogP contribution in [0.1, 0.15) is 234 Å². The predicted molar refractivity (Wildman–Crippen MR) is 547 cm³/mol. The molecule has 0 spiro atoms. The third-order valence-electron chi connectivity index (χ3n) is 23.8. The molecule has 52 nitrogen and oxygen atoms in total. The summed E-state index contributed by atoms with van der Waals surface area (Å²) >= 11 is 8.56. The van der Waals surface area contributed by atoms with Gasteiger partial charge in [-0.2, -0.15) is 25.3 Å². The number of thiol groups is 2. The van der Waals surface area contributed by atoms with Gasteiger partial charge >= 0.3 is 11.9 Å². The van der Waals surface area contributed by atoms with Crippen LogP contribution in [0.4, 0.5) is 0 Å². The highest BCUT2D eigenvalue weighted by Gasteiger charge is 2.43. The Bertz CT molecular complexity index is 4400. The number of carboxylic acids is 2. The minimum absolute atomic E-state index is 0.0170. The molecule has 1 saturated heterocycles. The molecule has 0 bridgehead atoms. The van der Waals surface area contributed by atoms with Crippen molar-refractivity contribution in [1.29, 1.82) is 10.8 Å². The summed E-state index contributed by atoms with van der Waals surface area (Å²) in [6.07, 6.45) is -2.75. The van der Waals surface area contributed by atoms with Crippen LogP contribution >= 0.6 is 25.3 Å². The van der Waals surface area contributed by atoms with Crippen molar-refractivity contribution in [3.63, 3.8) is 0 Å². The molecule has 0 aromatic rings. The zero-order chi connectivity index (χ0) is 112. The molecule has 836 valence electrons. The van der Waals surface area contributed by atoms with Crippen molar-refractivity contribution in [1.82, 2.24) is 112 Å². The Kier molecular flexibility index (Phi) is 61.9. The molecule has 0 aliphatic carbocycles. The van der Waals surface area contributed by atoms with Crippen LogP contribution in [-0.2, 0) is 101 Å². The van der Waals surface area contributed by atoms with Crippen molar-refractivity contribution in [2.75, 3.05) is 44.4 Å². The number of rotatable bonds is 71. The van der Waals surface area contributed by atoms with Gasteiger partial charge in [0.05, 0.1) is 25.4 Å². The van der Waals surface area contributed by atoms with E-state index in [1.54, 1.807) is 76.2 Å². The van der Waals surface area contributed by atoms with Gasteiger partial charge in [0.2, 0.25) is 112 Å². The van der Waals surface area contributed by atoms with Gasteiger partial charge in [0.15, 0.2) is 11.9 Å². The second-order valence-electron chi connectivity index (χ2n) is 39.5. The number of carbonyl (C=O) groups is 21. The van der Waals surface area contributed by atoms with E-state index in [2.05, 4.69) is 137 Å². The second-order valence-corrected chi connectivity index (χ2v) is 40.2. The average Bonchev–Trinajstić information content (AvgIpc) is 0.957. The van der Waals surface area contributed by atoms with Crippen molar-refractivity contribution in [2.24, 2.45) is 64.5 Å². The van der Waals surface area contributed by atoms with E-state index in [4.69, 9.17) is 28.0 Å². The summed E-state index contributed by atoms with van der Waals surface area (Å²) in [7, 11) is 0. The highest BCUT2D eigenvalue weighted by molar-refractivity contribution is 7.80. The van der Waals surface area contributed by atoms with Crippen molar-refractivity contribution >= 4 is 161 Å². The standard InChI is InChI=1S/C93H166N26O26S2/c1-19-49(15)70(88(141)105-56(27-29-67(94)123)76(129)108-58(34-43(3)4)79(132)113-64(40-121)84(137)103-54(25-22-32-100-92(95)96)75(128)111-62(91(144)145)38-47(11)12)118-82(135)61(37-46(9)10)110-87(140)69(48(13)14)116-73(126)51(17)102-83(136)63(39-120)112-77(130)57(28-30-68(124)125)106-89(142)71(50(16)20-2)117-81(134)60(36-45(7)8)109-86(139)66(42-147)115-90(143)72(52(18)122)119-78(131)55(26-23-33-101-93(97)98)104-85(138)65(41-146)114-80(133)59(35-44(5)6)107-74(127)53-24-21-31-99-53/h43-66,69-72,99,120-122,146-147H,19-42H2,1-18H3,(H2,94,123)(H,102,136)(H,103,137)(H,104,138)(H,105,141)(H,106,142)(H,107,127)(H,108,129)(H,109,139)(H,110,140)(H,111,128)(H,112,130)(H,113,132)(H,114,133)(H,115,143)(H,116,126)(H,117,134)(H,118,135)(H,119,131)(H,124,125)(H,144,145)(H4,95,96,100)(H4,97,98,101)/t49-,50-,51-,52+,53-,54-,55-,56-,57-,58-,59-,60-,61-,62-,63-,64-,65-,66-,69-,70-,71-,72-/m0/s1. The molecule has 0 aromatic carbocycles. The summed E-state index contributed by atoms with van der Waals surface area (Å²) in [6.45, 7) is 27.5. The summed E-state index contributed by atoms with van der Waals surface area (Å²) < 4.78 is 0. The Morgan fingerprint density at radius 2 is 0.619 bits per heavy atom. The molecular weight excluding hydrogens is 1960 g/mol. The molecule has 0 aromatic heterocycles. The normalized spacial score (nSPS) is 16.7. The third kappa shape index (κ3) is 50.5. The SMILES string of the molecule is CC[C@H](C)[C@H](NC(=O)[C@H](CC(C)C)NC(=O)[C@H](CS)NC(=O)[C@@H](NC(=O)[C@H](CCCNC(=N)N)NC(=O)[C@H](CS)NC(=O)[C@H](CC(C)C)NC(=O)[C@@H]1CCCN1)[C@@H](C)O)C(=O)N[C@@H](CCC(=O)O)C(=O)N[C@@H](CO)C(=O)N[C@@H](C)C(=O)N[C@H](C(=O)N[C@@H](CC(C)C)C(=O)N[C@H](C(=O)N[C@@H](CCC(N)=O)C(=O)N[C@@H](CC(C)C)C(=O)N[C@@H](CO)C(=O)N[C@@H](CCCNC(=N)N)C(=O)N[C@@H](CC(C)C)C(=O)O)[C@@H](C)CC)C(C)C. The number of hydrogen-bond acceptors (Lipinski definition) is 29. The summed E-state index contributed by atoms with van der Waals surface area (Å²) in [5, 5.41) is 120. The van der Waals surface area contributed by atoms with Crippen LogP contribution in [0.15, 0.2) is 0 Å². The van der Waals surface area contributed by atoms with Gasteiger partial charge in [-0.05, 0) is 151 Å². The number of amides is 19. The van der Waals surface area contributed by atoms with E-state index in [-0.39, 0.29) is 119 Å². The zero-order valence-electron chi connectivity index (χ0n) is 87.6. The van der Waals surface area contributed by atoms with Crippen LogP contribution < -0.4 is 129 Å². The Balaban J connectivity index is 3.55. The molecule has 22 atom stereocenters. The van der Waals surface area contributed by atoms with Gasteiger partial charge in [0.25, 0.3) is 0 Å². The molecule has 1 aliphatic heterocycles. The molecule has 34 N–H and O–H groups in total. The second kappa shape index (κ2) is 68.5. The lowest BCUT2D eigenvalue weighted by atomic mass is 9.95. The quantitative estimate of drug-likeness (QED) is 0.0117. The first kappa shape index (κ1) is 133.